The summed E-state index contributed by atoms with van der Waals surface area (Å²) in [7, 11) is 1.57. The number of benzene rings is 2. The number of anilines is 1. The molecule has 5 nitrogen and oxygen atoms in total. The molecule has 0 bridgehead atoms. The molecule has 0 aliphatic rings. The van der Waals surface area contributed by atoms with Gasteiger partial charge in [-0.2, -0.15) is 0 Å². The minimum atomic E-state index is -0.215. The third kappa shape index (κ3) is 4.74. The molecule has 0 aliphatic carbocycles. The van der Waals surface area contributed by atoms with Gasteiger partial charge in [0.15, 0.2) is 0 Å². The molecule has 3 aromatic rings. The van der Waals surface area contributed by atoms with Crippen LogP contribution in [0.25, 0.3) is 0 Å². The van der Waals surface area contributed by atoms with Gasteiger partial charge in [0, 0.05) is 12.1 Å². The van der Waals surface area contributed by atoms with Gasteiger partial charge in [0.05, 0.1) is 17.7 Å². The van der Waals surface area contributed by atoms with E-state index in [0.29, 0.717) is 28.4 Å². The molecule has 0 atom stereocenters. The molecule has 1 heterocycles. The first kappa shape index (κ1) is 18.7. The second-order valence-corrected chi connectivity index (χ2v) is 6.96. The van der Waals surface area contributed by atoms with Gasteiger partial charge in [-0.3, -0.25) is 9.59 Å². The van der Waals surface area contributed by atoms with Crippen LogP contribution in [-0.4, -0.2) is 18.9 Å². The van der Waals surface area contributed by atoms with Gasteiger partial charge in [0.1, 0.15) is 5.75 Å². The van der Waals surface area contributed by atoms with E-state index in [9.17, 15) is 9.59 Å². The van der Waals surface area contributed by atoms with E-state index < -0.39 is 0 Å². The van der Waals surface area contributed by atoms with E-state index in [2.05, 4.69) is 10.6 Å². The number of aryl methyl sites for hydroxylation is 1. The first-order chi connectivity index (χ1) is 13.1. The fraction of sp³-hybridized carbons (Fsp3) is 0.143. The van der Waals surface area contributed by atoms with Gasteiger partial charge >= 0.3 is 0 Å². The van der Waals surface area contributed by atoms with Gasteiger partial charge in [0.2, 0.25) is 0 Å². The van der Waals surface area contributed by atoms with Crippen LogP contribution in [0, 0.1) is 6.92 Å². The molecule has 0 saturated carbocycles. The standard InChI is InChI=1S/C21H20N2O3S/c1-14-5-10-18(26-2)17(12-14)23-20(24)16-8-6-15(7-9-16)13-22-21(25)19-4-3-11-27-19/h3-12H,13H2,1-2H3,(H,22,25)(H,23,24). The lowest BCUT2D eigenvalue weighted by Gasteiger charge is -2.11. The molecular weight excluding hydrogens is 360 g/mol. The number of rotatable bonds is 6. The highest BCUT2D eigenvalue weighted by Gasteiger charge is 2.11. The number of carbonyl (C=O) groups excluding carboxylic acids is 2. The topological polar surface area (TPSA) is 67.4 Å². The second kappa shape index (κ2) is 8.51. The van der Waals surface area contributed by atoms with Crippen molar-refractivity contribution in [2.75, 3.05) is 12.4 Å². The van der Waals surface area contributed by atoms with Crippen LogP contribution in [0.3, 0.4) is 0 Å². The number of hydrogen-bond donors (Lipinski definition) is 2. The van der Waals surface area contributed by atoms with Crippen LogP contribution in [0.1, 0.15) is 31.2 Å². The molecule has 0 fully saturated rings. The maximum Gasteiger partial charge on any atom is 0.261 e. The Bertz CT molecular complexity index is 935. The maximum absolute atomic E-state index is 12.5. The zero-order valence-corrected chi connectivity index (χ0v) is 15.9. The summed E-state index contributed by atoms with van der Waals surface area (Å²) in [6.45, 7) is 2.36. The van der Waals surface area contributed by atoms with Gasteiger partial charge in [-0.1, -0.05) is 24.3 Å². The quantitative estimate of drug-likeness (QED) is 0.672. The Morgan fingerprint density at radius 3 is 2.48 bits per heavy atom. The van der Waals surface area contributed by atoms with E-state index in [-0.39, 0.29) is 11.8 Å². The van der Waals surface area contributed by atoms with Crippen molar-refractivity contribution in [3.05, 3.63) is 81.5 Å². The average Bonchev–Trinajstić information content (AvgIpc) is 3.21. The molecule has 0 saturated heterocycles. The summed E-state index contributed by atoms with van der Waals surface area (Å²) < 4.78 is 5.29. The molecule has 3 rings (SSSR count). The number of ether oxygens (including phenoxy) is 1. The van der Waals surface area contributed by atoms with Crippen molar-refractivity contribution in [3.63, 3.8) is 0 Å². The summed E-state index contributed by atoms with van der Waals surface area (Å²) in [5, 5.41) is 7.61. The second-order valence-electron chi connectivity index (χ2n) is 6.01. The largest absolute Gasteiger partial charge is 0.495 e. The third-order valence-corrected chi connectivity index (χ3v) is 4.89. The van der Waals surface area contributed by atoms with Gasteiger partial charge in [0.25, 0.3) is 11.8 Å². The first-order valence-corrected chi connectivity index (χ1v) is 9.31. The number of amides is 2. The number of methoxy groups -OCH3 is 1. The molecule has 1 aromatic heterocycles. The lowest BCUT2D eigenvalue weighted by Crippen LogP contribution is -2.21. The highest BCUT2D eigenvalue weighted by Crippen LogP contribution is 2.25. The minimum Gasteiger partial charge on any atom is -0.495 e. The summed E-state index contributed by atoms with van der Waals surface area (Å²) in [6, 6.07) is 16.4. The lowest BCUT2D eigenvalue weighted by molar-refractivity contribution is 0.0953. The maximum atomic E-state index is 12.5. The Balaban J connectivity index is 1.62. The van der Waals surface area contributed by atoms with Crippen molar-refractivity contribution in [1.82, 2.24) is 5.32 Å². The predicted octanol–water partition coefficient (Wildman–Crippen LogP) is 4.25. The summed E-state index contributed by atoms with van der Waals surface area (Å²) >= 11 is 1.40. The van der Waals surface area contributed by atoms with Crippen molar-refractivity contribution in [1.29, 1.82) is 0 Å². The van der Waals surface area contributed by atoms with E-state index in [4.69, 9.17) is 4.74 Å². The lowest BCUT2D eigenvalue weighted by atomic mass is 10.1. The molecule has 0 radical (unpaired) electrons. The van der Waals surface area contributed by atoms with Crippen molar-refractivity contribution >= 4 is 28.8 Å². The summed E-state index contributed by atoms with van der Waals surface area (Å²) in [5.41, 5.74) is 3.12. The van der Waals surface area contributed by atoms with E-state index in [1.807, 2.05) is 48.7 Å². The van der Waals surface area contributed by atoms with Crippen LogP contribution >= 0.6 is 11.3 Å². The van der Waals surface area contributed by atoms with Crippen LogP contribution in [0.15, 0.2) is 60.0 Å². The molecule has 6 heteroatoms. The zero-order chi connectivity index (χ0) is 19.2. The Kier molecular flexibility index (Phi) is 5.88. The van der Waals surface area contributed by atoms with Crippen molar-refractivity contribution in [2.45, 2.75) is 13.5 Å². The molecule has 2 aromatic carbocycles. The summed E-state index contributed by atoms with van der Waals surface area (Å²) in [6.07, 6.45) is 0. The molecule has 2 amide bonds. The number of carbonyl (C=O) groups is 2. The highest BCUT2D eigenvalue weighted by molar-refractivity contribution is 7.12. The van der Waals surface area contributed by atoms with Crippen LogP contribution in [0.4, 0.5) is 5.69 Å². The minimum absolute atomic E-state index is 0.0987. The van der Waals surface area contributed by atoms with Gasteiger partial charge in [-0.15, -0.1) is 11.3 Å². The normalized spacial score (nSPS) is 10.3. The summed E-state index contributed by atoms with van der Waals surface area (Å²) in [5.74, 6) is 0.299. The highest BCUT2D eigenvalue weighted by atomic mass is 32.1. The first-order valence-electron chi connectivity index (χ1n) is 8.43. The van der Waals surface area contributed by atoms with Gasteiger partial charge in [-0.05, 0) is 53.8 Å². The van der Waals surface area contributed by atoms with Crippen molar-refractivity contribution in [3.8, 4) is 5.75 Å². The van der Waals surface area contributed by atoms with Crippen molar-refractivity contribution < 1.29 is 14.3 Å². The molecule has 138 valence electrons. The third-order valence-electron chi connectivity index (χ3n) is 4.02. The molecule has 27 heavy (non-hydrogen) atoms. The molecular formula is C21H20N2O3S. The predicted molar refractivity (Wildman–Crippen MR) is 108 cm³/mol. The van der Waals surface area contributed by atoms with Crippen LogP contribution in [0.2, 0.25) is 0 Å². The molecule has 0 spiro atoms. The van der Waals surface area contributed by atoms with Crippen LogP contribution in [0.5, 0.6) is 5.75 Å². The Morgan fingerprint density at radius 1 is 1.04 bits per heavy atom. The monoisotopic (exact) mass is 380 g/mol. The van der Waals surface area contributed by atoms with E-state index in [0.717, 1.165) is 11.1 Å². The Hall–Kier alpha value is -3.12. The number of thiophene rings is 1. The SMILES string of the molecule is COc1ccc(C)cc1NC(=O)c1ccc(CNC(=O)c2cccs2)cc1. The molecule has 0 unspecified atom stereocenters. The van der Waals surface area contributed by atoms with Gasteiger partial charge in [-0.25, -0.2) is 0 Å². The number of hydrogen-bond acceptors (Lipinski definition) is 4. The number of nitrogens with one attached hydrogen (secondary N) is 2. The molecule has 0 aliphatic heterocycles. The van der Waals surface area contributed by atoms with E-state index in [1.54, 1.807) is 25.3 Å². The Labute approximate surface area is 162 Å². The average molecular weight is 380 g/mol. The van der Waals surface area contributed by atoms with Gasteiger partial charge < -0.3 is 15.4 Å². The fourth-order valence-corrected chi connectivity index (χ4v) is 3.21. The summed E-state index contributed by atoms with van der Waals surface area (Å²) in [4.78, 5) is 25.1. The fourth-order valence-electron chi connectivity index (χ4n) is 2.57. The van der Waals surface area contributed by atoms with E-state index >= 15 is 0 Å². The Morgan fingerprint density at radius 2 is 1.81 bits per heavy atom. The van der Waals surface area contributed by atoms with Crippen LogP contribution < -0.4 is 15.4 Å². The smallest absolute Gasteiger partial charge is 0.261 e. The van der Waals surface area contributed by atoms with Crippen molar-refractivity contribution in [2.24, 2.45) is 0 Å². The van der Waals surface area contributed by atoms with E-state index in [1.165, 1.54) is 11.3 Å². The molecule has 2 N–H and O–H groups in total. The van der Waals surface area contributed by atoms with Crippen LogP contribution in [-0.2, 0) is 6.54 Å². The zero-order valence-electron chi connectivity index (χ0n) is 15.1.